The van der Waals surface area contributed by atoms with E-state index in [1.165, 1.54) is 5.56 Å². The van der Waals surface area contributed by atoms with E-state index in [0.29, 0.717) is 0 Å². The Hall–Kier alpha value is -2.33. The fourth-order valence-corrected chi connectivity index (χ4v) is 3.20. The predicted molar refractivity (Wildman–Crippen MR) is 96.4 cm³/mol. The molecule has 24 heavy (non-hydrogen) atoms. The number of carbonyl (C=O) groups is 1. The van der Waals surface area contributed by atoms with Crippen LogP contribution < -0.4 is 9.64 Å². The van der Waals surface area contributed by atoms with Gasteiger partial charge in [0.2, 0.25) is 5.91 Å². The Kier molecular flexibility index (Phi) is 4.86. The van der Waals surface area contributed by atoms with Crippen LogP contribution in [0.1, 0.15) is 18.1 Å². The van der Waals surface area contributed by atoms with Crippen LogP contribution in [0.2, 0.25) is 0 Å². The van der Waals surface area contributed by atoms with E-state index in [-0.39, 0.29) is 11.9 Å². The molecule has 1 heterocycles. The molecule has 2 aromatic rings. The van der Waals surface area contributed by atoms with Crippen molar-refractivity contribution in [2.75, 3.05) is 25.1 Å². The van der Waals surface area contributed by atoms with Crippen molar-refractivity contribution in [2.45, 2.75) is 26.4 Å². The summed E-state index contributed by atoms with van der Waals surface area (Å²) in [6.45, 7) is 6.42. The SMILES string of the molecule is COc1ccc(CN2CCN(c3ccccc3C)C(=O)C2C)cc1. The minimum atomic E-state index is -0.125. The third-order valence-corrected chi connectivity index (χ3v) is 4.73. The first-order valence-electron chi connectivity index (χ1n) is 8.34. The highest BCUT2D eigenvalue weighted by molar-refractivity contribution is 5.98. The molecule has 4 nitrogen and oxygen atoms in total. The Morgan fingerprint density at radius 2 is 1.79 bits per heavy atom. The van der Waals surface area contributed by atoms with E-state index < -0.39 is 0 Å². The van der Waals surface area contributed by atoms with Gasteiger partial charge in [-0.3, -0.25) is 9.69 Å². The van der Waals surface area contributed by atoms with Crippen molar-refractivity contribution in [1.82, 2.24) is 4.90 Å². The number of hydrogen-bond donors (Lipinski definition) is 0. The lowest BCUT2D eigenvalue weighted by atomic mass is 10.1. The molecule has 0 radical (unpaired) electrons. The van der Waals surface area contributed by atoms with Gasteiger partial charge in [0.15, 0.2) is 0 Å². The van der Waals surface area contributed by atoms with Crippen LogP contribution in [0.5, 0.6) is 5.75 Å². The Bertz CT molecular complexity index is 712. The lowest BCUT2D eigenvalue weighted by Gasteiger charge is -2.39. The molecule has 0 saturated carbocycles. The van der Waals surface area contributed by atoms with Crippen LogP contribution in [0.15, 0.2) is 48.5 Å². The van der Waals surface area contributed by atoms with Gasteiger partial charge in [-0.05, 0) is 43.2 Å². The number of amides is 1. The van der Waals surface area contributed by atoms with E-state index in [4.69, 9.17) is 4.74 Å². The van der Waals surface area contributed by atoms with Crippen molar-refractivity contribution in [1.29, 1.82) is 0 Å². The summed E-state index contributed by atoms with van der Waals surface area (Å²) in [4.78, 5) is 17.0. The minimum absolute atomic E-state index is 0.125. The molecule has 0 aliphatic carbocycles. The third-order valence-electron chi connectivity index (χ3n) is 4.73. The van der Waals surface area contributed by atoms with E-state index in [1.54, 1.807) is 7.11 Å². The van der Waals surface area contributed by atoms with Gasteiger partial charge in [-0.2, -0.15) is 0 Å². The smallest absolute Gasteiger partial charge is 0.244 e. The summed E-state index contributed by atoms with van der Waals surface area (Å²) in [5.74, 6) is 1.02. The van der Waals surface area contributed by atoms with Crippen molar-refractivity contribution in [2.24, 2.45) is 0 Å². The Morgan fingerprint density at radius 1 is 1.08 bits per heavy atom. The van der Waals surface area contributed by atoms with Crippen LogP contribution in [0.25, 0.3) is 0 Å². The van der Waals surface area contributed by atoms with E-state index >= 15 is 0 Å². The zero-order valence-corrected chi connectivity index (χ0v) is 14.5. The number of rotatable bonds is 4. The summed E-state index contributed by atoms with van der Waals surface area (Å²) in [5, 5.41) is 0. The van der Waals surface area contributed by atoms with E-state index in [2.05, 4.69) is 30.0 Å². The molecule has 4 heteroatoms. The number of piperazine rings is 1. The fourth-order valence-electron chi connectivity index (χ4n) is 3.20. The largest absolute Gasteiger partial charge is 0.497 e. The molecule has 2 aromatic carbocycles. The monoisotopic (exact) mass is 324 g/mol. The molecule has 0 N–H and O–H groups in total. The van der Waals surface area contributed by atoms with Gasteiger partial charge in [0.1, 0.15) is 5.75 Å². The topological polar surface area (TPSA) is 32.8 Å². The number of benzene rings is 2. The van der Waals surface area contributed by atoms with E-state index in [9.17, 15) is 4.79 Å². The quantitative estimate of drug-likeness (QED) is 0.865. The molecule has 3 rings (SSSR count). The van der Waals surface area contributed by atoms with Gasteiger partial charge in [0, 0.05) is 25.3 Å². The van der Waals surface area contributed by atoms with Crippen LogP contribution in [-0.4, -0.2) is 37.0 Å². The number of nitrogens with zero attached hydrogens (tertiary/aromatic N) is 2. The highest BCUT2D eigenvalue weighted by atomic mass is 16.5. The Morgan fingerprint density at radius 3 is 2.46 bits per heavy atom. The van der Waals surface area contributed by atoms with Crippen LogP contribution in [0.3, 0.4) is 0 Å². The van der Waals surface area contributed by atoms with Crippen molar-refractivity contribution >= 4 is 11.6 Å². The maximum absolute atomic E-state index is 12.8. The number of para-hydroxylation sites is 1. The summed E-state index contributed by atoms with van der Waals surface area (Å²) < 4.78 is 5.20. The molecule has 1 aliphatic rings. The van der Waals surface area contributed by atoms with Gasteiger partial charge >= 0.3 is 0 Å². The second-order valence-corrected chi connectivity index (χ2v) is 6.27. The molecule has 126 valence electrons. The van der Waals surface area contributed by atoms with Crippen molar-refractivity contribution in [3.05, 3.63) is 59.7 Å². The highest BCUT2D eigenvalue weighted by Crippen LogP contribution is 2.25. The lowest BCUT2D eigenvalue weighted by Crippen LogP contribution is -2.55. The predicted octanol–water partition coefficient (Wildman–Crippen LogP) is 3.24. The van der Waals surface area contributed by atoms with Crippen LogP contribution in [0, 0.1) is 6.92 Å². The molecule has 1 atom stereocenters. The number of ether oxygens (including phenoxy) is 1. The van der Waals surface area contributed by atoms with E-state index in [0.717, 1.165) is 36.6 Å². The molecule has 1 amide bonds. The van der Waals surface area contributed by atoms with Gasteiger partial charge < -0.3 is 9.64 Å². The van der Waals surface area contributed by atoms with Crippen molar-refractivity contribution < 1.29 is 9.53 Å². The third kappa shape index (κ3) is 3.29. The first kappa shape index (κ1) is 16.5. The molecule has 1 aliphatic heterocycles. The van der Waals surface area contributed by atoms with Crippen LogP contribution in [0.4, 0.5) is 5.69 Å². The fraction of sp³-hybridized carbons (Fsp3) is 0.350. The minimum Gasteiger partial charge on any atom is -0.497 e. The summed E-state index contributed by atoms with van der Waals surface area (Å²) >= 11 is 0. The lowest BCUT2D eigenvalue weighted by molar-refractivity contribution is -0.125. The molecule has 0 spiro atoms. The number of anilines is 1. The summed E-state index contributed by atoms with van der Waals surface area (Å²) in [6, 6.07) is 16.0. The average Bonchev–Trinajstić information content (AvgIpc) is 2.61. The number of aryl methyl sites for hydroxylation is 1. The molecular formula is C20H24N2O2. The van der Waals surface area contributed by atoms with Gasteiger partial charge in [0.25, 0.3) is 0 Å². The maximum atomic E-state index is 12.8. The molecule has 1 fully saturated rings. The zero-order valence-electron chi connectivity index (χ0n) is 14.5. The standard InChI is InChI=1S/C20H24N2O2/c1-15-6-4-5-7-19(15)22-13-12-21(16(2)20(22)23)14-17-8-10-18(24-3)11-9-17/h4-11,16H,12-14H2,1-3H3. The van der Waals surface area contributed by atoms with Gasteiger partial charge in [-0.15, -0.1) is 0 Å². The first-order valence-corrected chi connectivity index (χ1v) is 8.34. The Labute approximate surface area is 143 Å². The molecular weight excluding hydrogens is 300 g/mol. The summed E-state index contributed by atoms with van der Waals surface area (Å²) in [7, 11) is 1.67. The first-order chi connectivity index (χ1) is 11.6. The average molecular weight is 324 g/mol. The number of carbonyl (C=O) groups excluding carboxylic acids is 1. The van der Waals surface area contributed by atoms with Gasteiger partial charge in [-0.1, -0.05) is 30.3 Å². The Balaban J connectivity index is 1.71. The second kappa shape index (κ2) is 7.05. The zero-order chi connectivity index (χ0) is 17.1. The van der Waals surface area contributed by atoms with Crippen LogP contribution >= 0.6 is 0 Å². The summed E-state index contributed by atoms with van der Waals surface area (Å²) in [6.07, 6.45) is 0. The van der Waals surface area contributed by atoms with Crippen molar-refractivity contribution in [3.8, 4) is 5.75 Å². The number of hydrogen-bond acceptors (Lipinski definition) is 3. The number of methoxy groups -OCH3 is 1. The molecule has 1 saturated heterocycles. The van der Waals surface area contributed by atoms with Gasteiger partial charge in [0.05, 0.1) is 13.2 Å². The second-order valence-electron chi connectivity index (χ2n) is 6.27. The maximum Gasteiger partial charge on any atom is 0.244 e. The normalized spacial score (nSPS) is 18.7. The van der Waals surface area contributed by atoms with E-state index in [1.807, 2.05) is 42.2 Å². The molecule has 0 aromatic heterocycles. The molecule has 0 bridgehead atoms. The highest BCUT2D eigenvalue weighted by Gasteiger charge is 2.32. The van der Waals surface area contributed by atoms with Gasteiger partial charge in [-0.25, -0.2) is 0 Å². The molecule has 1 unspecified atom stereocenters. The van der Waals surface area contributed by atoms with Crippen LogP contribution in [-0.2, 0) is 11.3 Å². The van der Waals surface area contributed by atoms with Crippen molar-refractivity contribution in [3.63, 3.8) is 0 Å². The summed E-state index contributed by atoms with van der Waals surface area (Å²) in [5.41, 5.74) is 3.36.